The number of fused-ring (bicyclic) bond motifs is 1. The van der Waals surface area contributed by atoms with Crippen LogP contribution in [0.5, 0.6) is 0 Å². The van der Waals surface area contributed by atoms with Crippen LogP contribution in [0.15, 0.2) is 38.4 Å². The van der Waals surface area contributed by atoms with Gasteiger partial charge in [-0.3, -0.25) is 18.7 Å². The molecule has 0 spiro atoms. The molecule has 0 unspecified atom stereocenters. The fraction of sp³-hybridized carbons (Fsp3) is 0.333. The minimum absolute atomic E-state index is 0.0623. The van der Waals surface area contributed by atoms with Gasteiger partial charge in [0.15, 0.2) is 5.82 Å². The van der Waals surface area contributed by atoms with Gasteiger partial charge in [0, 0.05) is 38.8 Å². The molecule has 2 aromatic heterocycles. The summed E-state index contributed by atoms with van der Waals surface area (Å²) in [5, 5.41) is 7.50. The van der Waals surface area contributed by atoms with E-state index in [0.717, 1.165) is 32.7 Å². The summed E-state index contributed by atoms with van der Waals surface area (Å²) < 4.78 is 7.66. The number of benzene rings is 1. The standard InChI is InChI=1S/C21H23N5O4/c1-12-6-5-7-13(2)18(12)22-19-14-11-26(9-8-16(14)30-23-19)20(28)15-10-17(27)25(4)21(29)24(15)3/h5-7,10H,8-9,11H2,1-4H3,(H,22,23). The van der Waals surface area contributed by atoms with Gasteiger partial charge in [-0.2, -0.15) is 0 Å². The smallest absolute Gasteiger partial charge is 0.331 e. The average molecular weight is 409 g/mol. The second kappa shape index (κ2) is 7.33. The van der Waals surface area contributed by atoms with E-state index in [2.05, 4.69) is 10.5 Å². The number of nitrogens with one attached hydrogen (secondary N) is 1. The fourth-order valence-electron chi connectivity index (χ4n) is 3.71. The van der Waals surface area contributed by atoms with Crippen molar-refractivity contribution in [2.45, 2.75) is 26.8 Å². The van der Waals surface area contributed by atoms with Crippen LogP contribution in [0.3, 0.4) is 0 Å². The molecule has 3 heterocycles. The Balaban J connectivity index is 1.65. The van der Waals surface area contributed by atoms with Gasteiger partial charge in [0.05, 0.1) is 12.1 Å². The maximum absolute atomic E-state index is 13.1. The first-order valence-corrected chi connectivity index (χ1v) is 9.65. The van der Waals surface area contributed by atoms with Crippen molar-refractivity contribution in [3.8, 4) is 0 Å². The van der Waals surface area contributed by atoms with Gasteiger partial charge in [-0.15, -0.1) is 0 Å². The lowest BCUT2D eigenvalue weighted by molar-refractivity contribution is 0.0717. The Bertz CT molecular complexity index is 1250. The summed E-state index contributed by atoms with van der Waals surface area (Å²) in [5.41, 5.74) is 2.91. The first kappa shape index (κ1) is 19.7. The zero-order valence-electron chi connectivity index (χ0n) is 17.4. The monoisotopic (exact) mass is 409 g/mol. The number of aromatic nitrogens is 3. The molecule has 0 radical (unpaired) electrons. The second-order valence-electron chi connectivity index (χ2n) is 7.57. The van der Waals surface area contributed by atoms with Gasteiger partial charge in [-0.25, -0.2) is 4.79 Å². The van der Waals surface area contributed by atoms with Crippen molar-refractivity contribution < 1.29 is 9.32 Å². The Morgan fingerprint density at radius 3 is 2.53 bits per heavy atom. The van der Waals surface area contributed by atoms with E-state index in [0.29, 0.717) is 18.8 Å². The molecule has 1 amide bonds. The van der Waals surface area contributed by atoms with Crippen molar-refractivity contribution in [3.63, 3.8) is 0 Å². The van der Waals surface area contributed by atoms with Crippen LogP contribution < -0.4 is 16.6 Å². The quantitative estimate of drug-likeness (QED) is 0.705. The van der Waals surface area contributed by atoms with Crippen LogP contribution >= 0.6 is 0 Å². The van der Waals surface area contributed by atoms with E-state index in [9.17, 15) is 14.4 Å². The van der Waals surface area contributed by atoms with Crippen LogP contribution in [-0.4, -0.2) is 31.6 Å². The minimum atomic E-state index is -0.536. The highest BCUT2D eigenvalue weighted by Crippen LogP contribution is 2.31. The Morgan fingerprint density at radius 2 is 1.83 bits per heavy atom. The highest BCUT2D eigenvalue weighted by atomic mass is 16.5. The number of carbonyl (C=O) groups excluding carboxylic acids is 1. The van der Waals surface area contributed by atoms with Gasteiger partial charge < -0.3 is 14.7 Å². The molecular formula is C21H23N5O4. The summed E-state index contributed by atoms with van der Waals surface area (Å²) in [7, 11) is 2.87. The molecule has 0 saturated carbocycles. The van der Waals surface area contributed by atoms with Crippen molar-refractivity contribution in [2.75, 3.05) is 11.9 Å². The van der Waals surface area contributed by atoms with Gasteiger partial charge in [0.1, 0.15) is 11.5 Å². The van der Waals surface area contributed by atoms with Crippen molar-refractivity contribution in [1.82, 2.24) is 19.2 Å². The number of anilines is 2. The van der Waals surface area contributed by atoms with Crippen LogP contribution in [0.25, 0.3) is 0 Å². The molecular weight excluding hydrogens is 386 g/mol. The molecule has 156 valence electrons. The summed E-state index contributed by atoms with van der Waals surface area (Å²) in [5.74, 6) is 0.917. The summed E-state index contributed by atoms with van der Waals surface area (Å²) in [6.07, 6.45) is 0.501. The number of para-hydroxylation sites is 1. The summed E-state index contributed by atoms with van der Waals surface area (Å²) in [6.45, 7) is 4.70. The zero-order valence-corrected chi connectivity index (χ0v) is 17.4. The molecule has 0 atom stereocenters. The third-order valence-corrected chi connectivity index (χ3v) is 5.58. The maximum Gasteiger partial charge on any atom is 0.331 e. The highest BCUT2D eigenvalue weighted by molar-refractivity contribution is 5.92. The predicted octanol–water partition coefficient (Wildman–Crippen LogP) is 1.63. The van der Waals surface area contributed by atoms with Crippen LogP contribution in [0.4, 0.5) is 11.5 Å². The van der Waals surface area contributed by atoms with Crippen LogP contribution in [0.1, 0.15) is 32.9 Å². The van der Waals surface area contributed by atoms with E-state index in [1.165, 1.54) is 24.7 Å². The summed E-state index contributed by atoms with van der Waals surface area (Å²) in [6, 6.07) is 7.20. The van der Waals surface area contributed by atoms with E-state index >= 15 is 0 Å². The third kappa shape index (κ3) is 3.22. The molecule has 0 bridgehead atoms. The predicted molar refractivity (Wildman–Crippen MR) is 111 cm³/mol. The maximum atomic E-state index is 13.1. The van der Waals surface area contributed by atoms with E-state index in [4.69, 9.17) is 4.52 Å². The van der Waals surface area contributed by atoms with Crippen molar-refractivity contribution in [2.24, 2.45) is 14.1 Å². The normalized spacial score (nSPS) is 13.3. The van der Waals surface area contributed by atoms with E-state index < -0.39 is 11.2 Å². The van der Waals surface area contributed by atoms with E-state index in [-0.39, 0.29) is 18.1 Å². The molecule has 1 N–H and O–H groups in total. The van der Waals surface area contributed by atoms with Crippen LogP contribution in [0.2, 0.25) is 0 Å². The molecule has 0 saturated heterocycles. The Kier molecular flexibility index (Phi) is 4.81. The molecule has 0 fully saturated rings. The Hall–Kier alpha value is -3.62. The number of hydrogen-bond acceptors (Lipinski definition) is 6. The molecule has 0 aliphatic carbocycles. The molecule has 1 aliphatic heterocycles. The lowest BCUT2D eigenvalue weighted by Gasteiger charge is -2.27. The summed E-state index contributed by atoms with van der Waals surface area (Å²) >= 11 is 0. The lowest BCUT2D eigenvalue weighted by Crippen LogP contribution is -2.43. The van der Waals surface area contributed by atoms with Crippen LogP contribution in [-0.2, 0) is 27.1 Å². The molecule has 1 aromatic carbocycles. The Morgan fingerprint density at radius 1 is 1.13 bits per heavy atom. The molecule has 9 heteroatoms. The highest BCUT2D eigenvalue weighted by Gasteiger charge is 2.29. The number of nitrogens with zero attached hydrogens (tertiary/aromatic N) is 4. The van der Waals surface area contributed by atoms with Crippen molar-refractivity contribution in [1.29, 1.82) is 0 Å². The number of rotatable bonds is 3. The van der Waals surface area contributed by atoms with E-state index in [1.807, 2.05) is 32.0 Å². The first-order chi connectivity index (χ1) is 14.3. The summed E-state index contributed by atoms with van der Waals surface area (Å²) in [4.78, 5) is 38.9. The van der Waals surface area contributed by atoms with Gasteiger partial charge in [0.2, 0.25) is 0 Å². The third-order valence-electron chi connectivity index (χ3n) is 5.58. The number of hydrogen-bond donors (Lipinski definition) is 1. The molecule has 30 heavy (non-hydrogen) atoms. The Labute approximate surface area is 172 Å². The van der Waals surface area contributed by atoms with E-state index in [1.54, 1.807) is 4.90 Å². The molecule has 4 rings (SSSR count). The minimum Gasteiger partial charge on any atom is -0.359 e. The topological polar surface area (TPSA) is 102 Å². The SMILES string of the molecule is Cc1cccc(C)c1Nc1noc2c1CN(C(=O)c1cc(=O)n(C)c(=O)n1C)CC2. The number of amides is 1. The van der Waals surface area contributed by atoms with Gasteiger partial charge >= 0.3 is 5.69 Å². The largest absolute Gasteiger partial charge is 0.359 e. The lowest BCUT2D eigenvalue weighted by atomic mass is 10.1. The molecule has 1 aliphatic rings. The van der Waals surface area contributed by atoms with Gasteiger partial charge in [-0.1, -0.05) is 23.4 Å². The van der Waals surface area contributed by atoms with Gasteiger partial charge in [-0.05, 0) is 25.0 Å². The van der Waals surface area contributed by atoms with Crippen LogP contribution in [0, 0.1) is 13.8 Å². The van der Waals surface area contributed by atoms with Crippen molar-refractivity contribution in [3.05, 3.63) is 73.2 Å². The fourth-order valence-corrected chi connectivity index (χ4v) is 3.71. The number of aryl methyl sites for hydroxylation is 2. The second-order valence-corrected chi connectivity index (χ2v) is 7.57. The molecule has 9 nitrogen and oxygen atoms in total. The first-order valence-electron chi connectivity index (χ1n) is 9.65. The number of carbonyl (C=O) groups is 1. The molecule has 3 aromatic rings. The average Bonchev–Trinajstić information content (AvgIpc) is 3.13. The van der Waals surface area contributed by atoms with Gasteiger partial charge in [0.25, 0.3) is 11.5 Å². The zero-order chi connectivity index (χ0) is 21.6. The van der Waals surface area contributed by atoms with Crippen molar-refractivity contribution >= 4 is 17.4 Å².